The fraction of sp³-hybridized carbons (Fsp3) is 1.00. The minimum Gasteiger partial charge on any atom is -0.396 e. The summed E-state index contributed by atoms with van der Waals surface area (Å²) in [7, 11) is 0. The number of hydrogen-bond acceptors (Lipinski definition) is 3. The monoisotopic (exact) mass is 187 g/mol. The van der Waals surface area contributed by atoms with Crippen LogP contribution in [0.25, 0.3) is 0 Å². The second-order valence-corrected chi connectivity index (χ2v) is 4.53. The lowest BCUT2D eigenvalue weighted by atomic mass is 9.90. The standard InChI is InChI=1S/C10H21NO2/c1-10(2,9-12)3-4-11-5-7-13-8-6-11/h12H,3-9H2,1-2H3. The van der Waals surface area contributed by atoms with Crippen molar-refractivity contribution in [2.45, 2.75) is 20.3 Å². The van der Waals surface area contributed by atoms with Gasteiger partial charge in [-0.2, -0.15) is 0 Å². The van der Waals surface area contributed by atoms with Crippen LogP contribution in [0.15, 0.2) is 0 Å². The molecule has 0 atom stereocenters. The van der Waals surface area contributed by atoms with Crippen molar-refractivity contribution < 1.29 is 9.84 Å². The van der Waals surface area contributed by atoms with Crippen molar-refractivity contribution in [3.8, 4) is 0 Å². The highest BCUT2D eigenvalue weighted by molar-refractivity contribution is 4.71. The van der Waals surface area contributed by atoms with Crippen molar-refractivity contribution in [2.24, 2.45) is 5.41 Å². The number of aliphatic hydroxyl groups excluding tert-OH is 1. The van der Waals surface area contributed by atoms with Gasteiger partial charge in [-0.25, -0.2) is 0 Å². The van der Waals surface area contributed by atoms with Gasteiger partial charge in [0.15, 0.2) is 0 Å². The van der Waals surface area contributed by atoms with Crippen molar-refractivity contribution >= 4 is 0 Å². The number of hydrogen-bond donors (Lipinski definition) is 1. The maximum Gasteiger partial charge on any atom is 0.0594 e. The lowest BCUT2D eigenvalue weighted by Crippen LogP contribution is -2.38. The Hall–Kier alpha value is -0.120. The van der Waals surface area contributed by atoms with Crippen LogP contribution < -0.4 is 0 Å². The summed E-state index contributed by atoms with van der Waals surface area (Å²) in [6.45, 7) is 9.37. The Kier molecular flexibility index (Phi) is 4.16. The molecular weight excluding hydrogens is 166 g/mol. The summed E-state index contributed by atoms with van der Waals surface area (Å²) >= 11 is 0. The van der Waals surface area contributed by atoms with E-state index in [0.29, 0.717) is 0 Å². The highest BCUT2D eigenvalue weighted by Crippen LogP contribution is 2.19. The topological polar surface area (TPSA) is 32.7 Å². The first-order chi connectivity index (χ1) is 6.14. The first-order valence-corrected chi connectivity index (χ1v) is 5.05. The molecule has 1 fully saturated rings. The molecule has 1 rings (SSSR count). The molecule has 3 heteroatoms. The number of aliphatic hydroxyl groups is 1. The number of rotatable bonds is 4. The number of nitrogens with zero attached hydrogens (tertiary/aromatic N) is 1. The molecule has 0 amide bonds. The highest BCUT2D eigenvalue weighted by atomic mass is 16.5. The van der Waals surface area contributed by atoms with Gasteiger partial charge in [-0.3, -0.25) is 4.90 Å². The first-order valence-electron chi connectivity index (χ1n) is 5.05. The SMILES string of the molecule is CC(C)(CO)CCN1CCOCC1. The average Bonchev–Trinajstić information content (AvgIpc) is 2.17. The molecule has 3 nitrogen and oxygen atoms in total. The Morgan fingerprint density at radius 2 is 1.92 bits per heavy atom. The summed E-state index contributed by atoms with van der Waals surface area (Å²) in [4.78, 5) is 2.40. The molecule has 78 valence electrons. The molecule has 0 bridgehead atoms. The quantitative estimate of drug-likeness (QED) is 0.704. The van der Waals surface area contributed by atoms with E-state index in [4.69, 9.17) is 9.84 Å². The van der Waals surface area contributed by atoms with Gasteiger partial charge in [0.05, 0.1) is 13.2 Å². The van der Waals surface area contributed by atoms with Gasteiger partial charge in [0.2, 0.25) is 0 Å². The first kappa shape index (κ1) is 11.0. The Labute approximate surface area is 80.7 Å². The zero-order valence-corrected chi connectivity index (χ0v) is 8.75. The average molecular weight is 187 g/mol. The maximum absolute atomic E-state index is 9.08. The third-order valence-corrected chi connectivity index (χ3v) is 2.64. The van der Waals surface area contributed by atoms with Gasteiger partial charge in [-0.15, -0.1) is 0 Å². The van der Waals surface area contributed by atoms with Crippen LogP contribution in [0.4, 0.5) is 0 Å². The van der Waals surface area contributed by atoms with E-state index in [-0.39, 0.29) is 12.0 Å². The van der Waals surface area contributed by atoms with Crippen LogP contribution in [-0.2, 0) is 4.74 Å². The predicted octanol–water partition coefficient (Wildman–Crippen LogP) is 0.727. The Morgan fingerprint density at radius 3 is 2.46 bits per heavy atom. The molecule has 1 saturated heterocycles. The molecule has 1 aliphatic rings. The molecule has 0 unspecified atom stereocenters. The lowest BCUT2D eigenvalue weighted by Gasteiger charge is -2.30. The Morgan fingerprint density at radius 1 is 1.31 bits per heavy atom. The zero-order valence-electron chi connectivity index (χ0n) is 8.75. The highest BCUT2D eigenvalue weighted by Gasteiger charge is 2.18. The van der Waals surface area contributed by atoms with Crippen LogP contribution >= 0.6 is 0 Å². The van der Waals surface area contributed by atoms with Crippen LogP contribution in [0.2, 0.25) is 0 Å². The van der Waals surface area contributed by atoms with Gasteiger partial charge in [-0.05, 0) is 18.4 Å². The summed E-state index contributed by atoms with van der Waals surface area (Å²) in [5.41, 5.74) is 0.0678. The summed E-state index contributed by atoms with van der Waals surface area (Å²) in [5, 5.41) is 9.08. The molecular formula is C10H21NO2. The van der Waals surface area contributed by atoms with Gasteiger partial charge >= 0.3 is 0 Å². The van der Waals surface area contributed by atoms with E-state index >= 15 is 0 Å². The Balaban J connectivity index is 2.17. The van der Waals surface area contributed by atoms with Crippen LogP contribution in [0.1, 0.15) is 20.3 Å². The van der Waals surface area contributed by atoms with Gasteiger partial charge in [0.25, 0.3) is 0 Å². The van der Waals surface area contributed by atoms with Gasteiger partial charge in [0, 0.05) is 19.7 Å². The molecule has 0 aromatic rings. The molecule has 0 aromatic heterocycles. The van der Waals surface area contributed by atoms with Crippen LogP contribution in [0.5, 0.6) is 0 Å². The fourth-order valence-electron chi connectivity index (χ4n) is 1.36. The van der Waals surface area contributed by atoms with E-state index in [0.717, 1.165) is 39.3 Å². The summed E-state index contributed by atoms with van der Waals surface area (Å²) in [6, 6.07) is 0. The molecule has 1 heterocycles. The third kappa shape index (κ3) is 4.07. The van der Waals surface area contributed by atoms with E-state index in [2.05, 4.69) is 18.7 Å². The number of ether oxygens (including phenoxy) is 1. The second-order valence-electron chi connectivity index (χ2n) is 4.53. The van der Waals surface area contributed by atoms with Crippen molar-refractivity contribution in [2.75, 3.05) is 39.5 Å². The minimum absolute atomic E-state index is 0.0678. The molecule has 0 spiro atoms. The molecule has 0 saturated carbocycles. The fourth-order valence-corrected chi connectivity index (χ4v) is 1.36. The largest absolute Gasteiger partial charge is 0.396 e. The van der Waals surface area contributed by atoms with E-state index in [1.165, 1.54) is 0 Å². The van der Waals surface area contributed by atoms with E-state index in [9.17, 15) is 0 Å². The van der Waals surface area contributed by atoms with E-state index < -0.39 is 0 Å². The molecule has 1 N–H and O–H groups in total. The molecule has 0 aliphatic carbocycles. The van der Waals surface area contributed by atoms with Crippen molar-refractivity contribution in [3.05, 3.63) is 0 Å². The van der Waals surface area contributed by atoms with Crippen LogP contribution in [0, 0.1) is 5.41 Å². The normalized spacial score (nSPS) is 20.5. The van der Waals surface area contributed by atoms with Crippen LogP contribution in [0.3, 0.4) is 0 Å². The van der Waals surface area contributed by atoms with Gasteiger partial charge in [0.1, 0.15) is 0 Å². The lowest BCUT2D eigenvalue weighted by molar-refractivity contribution is 0.0289. The second kappa shape index (κ2) is 4.94. The third-order valence-electron chi connectivity index (χ3n) is 2.64. The Bertz CT molecular complexity index is 142. The van der Waals surface area contributed by atoms with Crippen molar-refractivity contribution in [1.82, 2.24) is 4.90 Å². The van der Waals surface area contributed by atoms with Crippen LogP contribution in [-0.4, -0.2) is 49.5 Å². The summed E-state index contributed by atoms with van der Waals surface area (Å²) in [6.07, 6.45) is 1.06. The smallest absolute Gasteiger partial charge is 0.0594 e. The van der Waals surface area contributed by atoms with Crippen molar-refractivity contribution in [3.63, 3.8) is 0 Å². The summed E-state index contributed by atoms with van der Waals surface area (Å²) in [5.74, 6) is 0. The zero-order chi connectivity index (χ0) is 9.73. The number of morpholine rings is 1. The molecule has 0 aromatic carbocycles. The molecule has 13 heavy (non-hydrogen) atoms. The molecule has 0 radical (unpaired) electrons. The van der Waals surface area contributed by atoms with Gasteiger partial charge in [-0.1, -0.05) is 13.8 Å². The molecule has 1 aliphatic heterocycles. The minimum atomic E-state index is 0.0678. The van der Waals surface area contributed by atoms with E-state index in [1.807, 2.05) is 0 Å². The van der Waals surface area contributed by atoms with Gasteiger partial charge < -0.3 is 9.84 Å². The predicted molar refractivity (Wildman–Crippen MR) is 52.7 cm³/mol. The summed E-state index contributed by atoms with van der Waals surface area (Å²) < 4.78 is 5.27. The van der Waals surface area contributed by atoms with E-state index in [1.54, 1.807) is 0 Å². The maximum atomic E-state index is 9.08. The van der Waals surface area contributed by atoms with Crippen molar-refractivity contribution in [1.29, 1.82) is 0 Å².